The van der Waals surface area contributed by atoms with Crippen LogP contribution in [0.4, 0.5) is 0 Å². The second kappa shape index (κ2) is 3.76. The summed E-state index contributed by atoms with van der Waals surface area (Å²) in [6.07, 6.45) is 2.31. The summed E-state index contributed by atoms with van der Waals surface area (Å²) in [5.74, 6) is 1.04. The van der Waals surface area contributed by atoms with Gasteiger partial charge in [-0.1, -0.05) is 27.7 Å². The first-order valence-corrected chi connectivity index (χ1v) is 6.11. The highest BCUT2D eigenvalue weighted by molar-refractivity contribution is 5.45. The van der Waals surface area contributed by atoms with E-state index in [4.69, 9.17) is 9.72 Å². The highest BCUT2D eigenvalue weighted by Crippen LogP contribution is 2.38. The molecule has 0 radical (unpaired) electrons. The Balaban J connectivity index is 2.56. The van der Waals surface area contributed by atoms with Crippen molar-refractivity contribution in [2.45, 2.75) is 59.0 Å². The van der Waals surface area contributed by atoms with E-state index in [9.17, 15) is 0 Å². The average molecular weight is 219 g/mol. The summed E-state index contributed by atoms with van der Waals surface area (Å²) in [5.41, 5.74) is 3.69. The van der Waals surface area contributed by atoms with E-state index < -0.39 is 0 Å². The summed E-state index contributed by atoms with van der Waals surface area (Å²) < 4.78 is 5.90. The fraction of sp³-hybridized carbons (Fsp3) is 0.643. The number of ether oxygens (including phenoxy) is 1. The van der Waals surface area contributed by atoms with Crippen molar-refractivity contribution in [3.05, 3.63) is 23.0 Å². The summed E-state index contributed by atoms with van der Waals surface area (Å²) >= 11 is 0. The monoisotopic (exact) mass is 219 g/mol. The van der Waals surface area contributed by atoms with Gasteiger partial charge in [-0.05, 0) is 19.4 Å². The second-order valence-corrected chi connectivity index (χ2v) is 5.69. The minimum Gasteiger partial charge on any atom is -0.488 e. The van der Waals surface area contributed by atoms with Crippen LogP contribution in [0, 0.1) is 0 Å². The maximum atomic E-state index is 5.90. The van der Waals surface area contributed by atoms with Crippen molar-refractivity contribution in [2.24, 2.45) is 0 Å². The number of aryl methyl sites for hydroxylation is 1. The van der Waals surface area contributed by atoms with Gasteiger partial charge in [-0.2, -0.15) is 0 Å². The van der Waals surface area contributed by atoms with Crippen molar-refractivity contribution in [2.75, 3.05) is 0 Å². The molecule has 0 fully saturated rings. The van der Waals surface area contributed by atoms with Crippen LogP contribution in [-0.2, 0) is 18.3 Å². The summed E-state index contributed by atoms with van der Waals surface area (Å²) in [6.45, 7) is 10.9. The molecule has 1 aliphatic heterocycles. The largest absolute Gasteiger partial charge is 0.488 e. The van der Waals surface area contributed by atoms with E-state index in [1.807, 2.05) is 0 Å². The summed E-state index contributed by atoms with van der Waals surface area (Å²) in [4.78, 5) is 4.74. The fourth-order valence-electron chi connectivity index (χ4n) is 2.17. The third-order valence-electron chi connectivity index (χ3n) is 3.00. The number of nitrogens with zero attached hydrogens (tertiary/aromatic N) is 1. The van der Waals surface area contributed by atoms with Crippen LogP contribution >= 0.6 is 0 Å². The minimum absolute atomic E-state index is 0.0549. The molecule has 1 aromatic heterocycles. The van der Waals surface area contributed by atoms with Gasteiger partial charge in [0.05, 0.1) is 5.69 Å². The first kappa shape index (κ1) is 11.4. The zero-order valence-electron chi connectivity index (χ0n) is 10.9. The number of fused-ring (bicyclic) bond motifs is 1. The SMILES string of the molecule is CCc1cc2c(c(C(C)(C)C)n1)O[C@H](C)C2. The summed E-state index contributed by atoms with van der Waals surface area (Å²) in [6, 6.07) is 2.20. The van der Waals surface area contributed by atoms with E-state index in [0.717, 1.165) is 24.3 Å². The van der Waals surface area contributed by atoms with E-state index in [2.05, 4.69) is 40.7 Å². The molecule has 0 saturated heterocycles. The highest BCUT2D eigenvalue weighted by atomic mass is 16.5. The molecule has 16 heavy (non-hydrogen) atoms. The molecule has 1 atom stereocenters. The van der Waals surface area contributed by atoms with E-state index in [-0.39, 0.29) is 5.41 Å². The van der Waals surface area contributed by atoms with Gasteiger partial charge in [0.2, 0.25) is 0 Å². The van der Waals surface area contributed by atoms with Gasteiger partial charge in [0, 0.05) is 23.1 Å². The van der Waals surface area contributed by atoms with Gasteiger partial charge in [-0.3, -0.25) is 4.98 Å². The third kappa shape index (κ3) is 1.93. The van der Waals surface area contributed by atoms with Crippen molar-refractivity contribution >= 4 is 0 Å². The smallest absolute Gasteiger partial charge is 0.145 e. The number of aromatic nitrogens is 1. The molecule has 2 nitrogen and oxygen atoms in total. The molecule has 0 amide bonds. The van der Waals surface area contributed by atoms with E-state index in [1.165, 1.54) is 11.3 Å². The Labute approximate surface area is 98.0 Å². The summed E-state index contributed by atoms with van der Waals surface area (Å²) in [7, 11) is 0. The Bertz CT molecular complexity index is 404. The lowest BCUT2D eigenvalue weighted by molar-refractivity contribution is 0.248. The predicted octanol–water partition coefficient (Wildman–Crippen LogP) is 3.26. The molecule has 0 aliphatic carbocycles. The maximum Gasteiger partial charge on any atom is 0.145 e. The topological polar surface area (TPSA) is 22.1 Å². The minimum atomic E-state index is 0.0549. The van der Waals surface area contributed by atoms with E-state index in [0.29, 0.717) is 6.10 Å². The van der Waals surface area contributed by atoms with Crippen LogP contribution in [0.1, 0.15) is 51.6 Å². The molecule has 0 aromatic carbocycles. The highest BCUT2D eigenvalue weighted by Gasteiger charge is 2.29. The third-order valence-corrected chi connectivity index (χ3v) is 3.00. The Morgan fingerprint density at radius 2 is 2.12 bits per heavy atom. The molecule has 88 valence electrons. The molecule has 0 saturated carbocycles. The molecule has 0 N–H and O–H groups in total. The molecule has 2 rings (SSSR count). The molecule has 0 bridgehead atoms. The molecular weight excluding hydrogens is 198 g/mol. The first-order valence-electron chi connectivity index (χ1n) is 6.11. The Hall–Kier alpha value is -1.05. The van der Waals surface area contributed by atoms with Gasteiger partial charge in [0.15, 0.2) is 0 Å². The zero-order valence-corrected chi connectivity index (χ0v) is 10.9. The van der Waals surface area contributed by atoms with Crippen LogP contribution in [0.25, 0.3) is 0 Å². The lowest BCUT2D eigenvalue weighted by Crippen LogP contribution is -2.16. The number of hydrogen-bond donors (Lipinski definition) is 0. The number of rotatable bonds is 1. The molecule has 1 aromatic rings. The fourth-order valence-corrected chi connectivity index (χ4v) is 2.17. The number of hydrogen-bond acceptors (Lipinski definition) is 2. The van der Waals surface area contributed by atoms with Crippen LogP contribution in [-0.4, -0.2) is 11.1 Å². The van der Waals surface area contributed by atoms with Gasteiger partial charge in [0.25, 0.3) is 0 Å². The summed E-state index contributed by atoms with van der Waals surface area (Å²) in [5, 5.41) is 0. The Morgan fingerprint density at radius 3 is 2.69 bits per heavy atom. The standard InChI is InChI=1S/C14H21NO/c1-6-11-8-10-7-9(2)16-12(10)13(15-11)14(3,4)5/h8-9H,6-7H2,1-5H3/t9-/m1/s1. The van der Waals surface area contributed by atoms with Crippen molar-refractivity contribution in [3.8, 4) is 5.75 Å². The number of pyridine rings is 1. The van der Waals surface area contributed by atoms with Crippen LogP contribution in [0.5, 0.6) is 5.75 Å². The van der Waals surface area contributed by atoms with Crippen LogP contribution in [0.15, 0.2) is 6.07 Å². The van der Waals surface area contributed by atoms with Crippen molar-refractivity contribution < 1.29 is 4.74 Å². The Morgan fingerprint density at radius 1 is 1.44 bits per heavy atom. The van der Waals surface area contributed by atoms with Gasteiger partial charge in [-0.15, -0.1) is 0 Å². The molecule has 0 unspecified atom stereocenters. The molecule has 2 heterocycles. The van der Waals surface area contributed by atoms with Gasteiger partial charge in [0.1, 0.15) is 11.9 Å². The van der Waals surface area contributed by atoms with Crippen LogP contribution in [0.3, 0.4) is 0 Å². The first-order chi connectivity index (χ1) is 7.41. The van der Waals surface area contributed by atoms with E-state index in [1.54, 1.807) is 0 Å². The average Bonchev–Trinajstić information content (AvgIpc) is 2.54. The molecule has 0 spiro atoms. The molecular formula is C14H21NO. The van der Waals surface area contributed by atoms with Crippen molar-refractivity contribution in [1.29, 1.82) is 0 Å². The Kier molecular flexibility index (Phi) is 2.69. The second-order valence-electron chi connectivity index (χ2n) is 5.69. The van der Waals surface area contributed by atoms with Crippen LogP contribution in [0.2, 0.25) is 0 Å². The lowest BCUT2D eigenvalue weighted by atomic mass is 9.89. The lowest BCUT2D eigenvalue weighted by Gasteiger charge is -2.21. The zero-order chi connectivity index (χ0) is 11.9. The van der Waals surface area contributed by atoms with Gasteiger partial charge in [-0.25, -0.2) is 0 Å². The normalized spacial score (nSPS) is 19.4. The molecule has 1 aliphatic rings. The predicted molar refractivity (Wildman–Crippen MR) is 66.1 cm³/mol. The van der Waals surface area contributed by atoms with E-state index >= 15 is 0 Å². The van der Waals surface area contributed by atoms with Crippen molar-refractivity contribution in [3.63, 3.8) is 0 Å². The van der Waals surface area contributed by atoms with Gasteiger partial charge < -0.3 is 4.74 Å². The maximum absolute atomic E-state index is 5.90. The van der Waals surface area contributed by atoms with Crippen LogP contribution < -0.4 is 4.74 Å². The van der Waals surface area contributed by atoms with Crippen molar-refractivity contribution in [1.82, 2.24) is 4.98 Å². The van der Waals surface area contributed by atoms with Gasteiger partial charge >= 0.3 is 0 Å². The molecule has 2 heteroatoms. The quantitative estimate of drug-likeness (QED) is 0.723.